The van der Waals surface area contributed by atoms with E-state index in [0.29, 0.717) is 11.4 Å². The third kappa shape index (κ3) is 1.26. The predicted octanol–water partition coefficient (Wildman–Crippen LogP) is 1.91. The number of rotatable bonds is 0. The van der Waals surface area contributed by atoms with Gasteiger partial charge in [0.15, 0.2) is 5.60 Å². The molecular weight excluding hydrogens is 204 g/mol. The minimum atomic E-state index is -0.638. The zero-order valence-electron chi connectivity index (χ0n) is 8.95. The molecule has 4 nitrogen and oxygen atoms in total. The first kappa shape index (κ1) is 9.51. The Hall–Kier alpha value is -1.71. The summed E-state index contributed by atoms with van der Waals surface area (Å²) in [5, 5.41) is 2.90. The zero-order chi connectivity index (χ0) is 11.2. The molecule has 1 amide bonds. The summed E-state index contributed by atoms with van der Waals surface area (Å²) in [6.07, 6.45) is 3.69. The molecule has 3 N–H and O–H groups in total. The van der Waals surface area contributed by atoms with Crippen molar-refractivity contribution in [3.63, 3.8) is 0 Å². The fourth-order valence-corrected chi connectivity index (χ4v) is 2.49. The van der Waals surface area contributed by atoms with Crippen LogP contribution in [0.4, 0.5) is 11.4 Å². The first-order valence-electron chi connectivity index (χ1n) is 5.60. The number of hydrogen-bond acceptors (Lipinski definition) is 3. The Morgan fingerprint density at radius 2 is 2.06 bits per heavy atom. The lowest BCUT2D eigenvalue weighted by Crippen LogP contribution is -2.48. The van der Waals surface area contributed by atoms with Gasteiger partial charge < -0.3 is 15.8 Å². The van der Waals surface area contributed by atoms with Gasteiger partial charge in [-0.25, -0.2) is 0 Å². The Bertz CT molecular complexity index is 450. The largest absolute Gasteiger partial charge is 0.475 e. The molecule has 1 aromatic rings. The summed E-state index contributed by atoms with van der Waals surface area (Å²) in [5.74, 6) is 0.684. The zero-order valence-corrected chi connectivity index (χ0v) is 8.95. The number of amides is 1. The lowest BCUT2D eigenvalue weighted by molar-refractivity contribution is -0.131. The molecule has 1 fully saturated rings. The van der Waals surface area contributed by atoms with Gasteiger partial charge in [-0.1, -0.05) is 0 Å². The van der Waals surface area contributed by atoms with Crippen molar-refractivity contribution in [2.75, 3.05) is 11.1 Å². The number of carbonyl (C=O) groups is 1. The number of nitrogens with one attached hydrogen (secondary N) is 1. The first-order valence-corrected chi connectivity index (χ1v) is 5.60. The van der Waals surface area contributed by atoms with E-state index in [9.17, 15) is 4.79 Å². The lowest BCUT2D eigenvalue weighted by Gasteiger charge is -2.34. The number of fused-ring (bicyclic) bond motifs is 1. The Kier molecular flexibility index (Phi) is 1.87. The highest BCUT2D eigenvalue weighted by Gasteiger charge is 2.46. The molecule has 3 rings (SSSR count). The van der Waals surface area contributed by atoms with Crippen LogP contribution in [0.5, 0.6) is 5.75 Å². The van der Waals surface area contributed by atoms with Crippen molar-refractivity contribution in [3.05, 3.63) is 18.2 Å². The second kappa shape index (κ2) is 3.14. The normalized spacial score (nSPS) is 21.4. The molecule has 0 atom stereocenters. The summed E-state index contributed by atoms with van der Waals surface area (Å²) in [5.41, 5.74) is 6.45. The fourth-order valence-electron chi connectivity index (χ4n) is 2.49. The number of hydrogen-bond donors (Lipinski definition) is 2. The van der Waals surface area contributed by atoms with Gasteiger partial charge in [-0.05, 0) is 37.8 Å². The monoisotopic (exact) mass is 218 g/mol. The summed E-state index contributed by atoms with van der Waals surface area (Å²) in [7, 11) is 0. The van der Waals surface area contributed by atoms with Crippen LogP contribution in [0.2, 0.25) is 0 Å². The first-order chi connectivity index (χ1) is 7.70. The van der Waals surface area contributed by atoms with E-state index < -0.39 is 5.60 Å². The maximum Gasteiger partial charge on any atom is 0.268 e. The summed E-state index contributed by atoms with van der Waals surface area (Å²) in [6, 6.07) is 5.31. The van der Waals surface area contributed by atoms with Crippen LogP contribution in [0.3, 0.4) is 0 Å². The van der Waals surface area contributed by atoms with Crippen molar-refractivity contribution >= 4 is 17.3 Å². The minimum absolute atomic E-state index is 0.0118. The van der Waals surface area contributed by atoms with Crippen molar-refractivity contribution in [2.24, 2.45) is 0 Å². The smallest absolute Gasteiger partial charge is 0.268 e. The minimum Gasteiger partial charge on any atom is -0.475 e. The van der Waals surface area contributed by atoms with Gasteiger partial charge in [0.1, 0.15) is 5.75 Å². The fraction of sp³-hybridized carbons (Fsp3) is 0.417. The van der Waals surface area contributed by atoms with Crippen molar-refractivity contribution in [2.45, 2.75) is 31.3 Å². The van der Waals surface area contributed by atoms with E-state index in [2.05, 4.69) is 5.32 Å². The number of carbonyl (C=O) groups excluding carboxylic acids is 1. The Labute approximate surface area is 93.8 Å². The van der Waals surface area contributed by atoms with E-state index in [1.165, 1.54) is 0 Å². The van der Waals surface area contributed by atoms with E-state index >= 15 is 0 Å². The average molecular weight is 218 g/mol. The van der Waals surface area contributed by atoms with E-state index in [1.54, 1.807) is 18.2 Å². The topological polar surface area (TPSA) is 64.3 Å². The highest BCUT2D eigenvalue weighted by Crippen LogP contribution is 2.42. The second-order valence-electron chi connectivity index (χ2n) is 4.51. The molecule has 1 aliphatic heterocycles. The number of nitrogens with two attached hydrogens (primary N) is 1. The quantitative estimate of drug-likeness (QED) is 0.654. The van der Waals surface area contributed by atoms with Gasteiger partial charge in [-0.3, -0.25) is 4.79 Å². The van der Waals surface area contributed by atoms with Crippen molar-refractivity contribution in [1.82, 2.24) is 0 Å². The van der Waals surface area contributed by atoms with Gasteiger partial charge in [0.2, 0.25) is 0 Å². The number of benzene rings is 1. The van der Waals surface area contributed by atoms with Crippen LogP contribution in [0.1, 0.15) is 25.7 Å². The van der Waals surface area contributed by atoms with E-state index in [0.717, 1.165) is 31.4 Å². The van der Waals surface area contributed by atoms with Gasteiger partial charge in [0.25, 0.3) is 5.91 Å². The molecule has 1 spiro atoms. The van der Waals surface area contributed by atoms with Gasteiger partial charge in [-0.15, -0.1) is 0 Å². The SMILES string of the molecule is Nc1ccc2c(c1)OC1(CCCC1)C(=O)N2. The third-order valence-corrected chi connectivity index (χ3v) is 3.38. The van der Waals surface area contributed by atoms with Crippen LogP contribution >= 0.6 is 0 Å². The van der Waals surface area contributed by atoms with Gasteiger partial charge in [-0.2, -0.15) is 0 Å². The summed E-state index contributed by atoms with van der Waals surface area (Å²) in [4.78, 5) is 12.0. The van der Waals surface area contributed by atoms with Crippen molar-refractivity contribution in [3.8, 4) is 5.75 Å². The van der Waals surface area contributed by atoms with Gasteiger partial charge in [0.05, 0.1) is 5.69 Å². The highest BCUT2D eigenvalue weighted by molar-refractivity contribution is 6.01. The maximum absolute atomic E-state index is 12.0. The van der Waals surface area contributed by atoms with Crippen LogP contribution in [-0.2, 0) is 4.79 Å². The number of anilines is 2. The van der Waals surface area contributed by atoms with Crippen molar-refractivity contribution in [1.29, 1.82) is 0 Å². The third-order valence-electron chi connectivity index (χ3n) is 3.38. The molecule has 0 bridgehead atoms. The summed E-state index contributed by atoms with van der Waals surface area (Å²) >= 11 is 0. The van der Waals surface area contributed by atoms with E-state index in [4.69, 9.17) is 10.5 Å². The highest BCUT2D eigenvalue weighted by atomic mass is 16.5. The number of nitrogen functional groups attached to an aromatic ring is 1. The van der Waals surface area contributed by atoms with E-state index in [-0.39, 0.29) is 5.91 Å². The predicted molar refractivity (Wildman–Crippen MR) is 61.3 cm³/mol. The lowest BCUT2D eigenvalue weighted by atomic mass is 9.98. The molecule has 0 unspecified atom stereocenters. The molecule has 1 aliphatic carbocycles. The molecule has 1 saturated carbocycles. The van der Waals surface area contributed by atoms with Crippen molar-refractivity contribution < 1.29 is 9.53 Å². The van der Waals surface area contributed by atoms with Crippen LogP contribution in [-0.4, -0.2) is 11.5 Å². The molecule has 0 radical (unpaired) electrons. The Morgan fingerprint density at radius 3 is 2.81 bits per heavy atom. The molecular formula is C12H14N2O2. The molecule has 2 aliphatic rings. The van der Waals surface area contributed by atoms with Gasteiger partial charge >= 0.3 is 0 Å². The molecule has 4 heteroatoms. The number of ether oxygens (including phenoxy) is 1. The Morgan fingerprint density at radius 1 is 1.31 bits per heavy atom. The average Bonchev–Trinajstić information content (AvgIpc) is 2.70. The van der Waals surface area contributed by atoms with Gasteiger partial charge in [0, 0.05) is 11.8 Å². The van der Waals surface area contributed by atoms with E-state index in [1.807, 2.05) is 0 Å². The van der Waals surface area contributed by atoms with Crippen LogP contribution in [0.25, 0.3) is 0 Å². The molecule has 16 heavy (non-hydrogen) atoms. The molecule has 1 heterocycles. The summed E-state index contributed by atoms with van der Waals surface area (Å²) in [6.45, 7) is 0. The standard InChI is InChI=1S/C12H14N2O2/c13-8-3-4-9-10(7-8)16-12(11(15)14-9)5-1-2-6-12/h3-4,7H,1-2,5-6,13H2,(H,14,15). The molecule has 1 aromatic carbocycles. The summed E-state index contributed by atoms with van der Waals surface area (Å²) < 4.78 is 5.88. The van der Waals surface area contributed by atoms with Crippen LogP contribution < -0.4 is 15.8 Å². The van der Waals surface area contributed by atoms with Crippen LogP contribution in [0, 0.1) is 0 Å². The Balaban J connectivity index is 2.02. The molecule has 0 aromatic heterocycles. The second-order valence-corrected chi connectivity index (χ2v) is 4.51. The van der Waals surface area contributed by atoms with Crippen LogP contribution in [0.15, 0.2) is 18.2 Å². The molecule has 84 valence electrons. The molecule has 0 saturated heterocycles. The maximum atomic E-state index is 12.0.